The van der Waals surface area contributed by atoms with Gasteiger partial charge in [0.25, 0.3) is 0 Å². The van der Waals surface area contributed by atoms with Gasteiger partial charge in [0.1, 0.15) is 0 Å². The summed E-state index contributed by atoms with van der Waals surface area (Å²) >= 11 is 3.76. The summed E-state index contributed by atoms with van der Waals surface area (Å²) in [6.07, 6.45) is 18.5. The van der Waals surface area contributed by atoms with Gasteiger partial charge in [0.2, 0.25) is 0 Å². The number of halogens is 1. The highest BCUT2D eigenvalue weighted by Gasteiger charge is 2.01. The van der Waals surface area contributed by atoms with Crippen LogP contribution in [0.2, 0.25) is 0 Å². The summed E-state index contributed by atoms with van der Waals surface area (Å²) in [5.41, 5.74) is 0. The molecule has 0 saturated carbocycles. The molecule has 0 aliphatic heterocycles. The second-order valence-electron chi connectivity index (χ2n) is 5.36. The zero-order chi connectivity index (χ0) is 12.8. The normalized spacial score (nSPS) is 12.9. The van der Waals surface area contributed by atoms with Crippen LogP contribution < -0.4 is 0 Å². The molecule has 0 saturated heterocycles. The lowest BCUT2D eigenvalue weighted by Gasteiger charge is -2.07. The van der Waals surface area contributed by atoms with Gasteiger partial charge in [-0.3, -0.25) is 0 Å². The number of rotatable bonds is 13. The molecule has 0 N–H and O–H groups in total. The van der Waals surface area contributed by atoms with Gasteiger partial charge < -0.3 is 0 Å². The van der Waals surface area contributed by atoms with E-state index in [4.69, 9.17) is 0 Å². The van der Waals surface area contributed by atoms with E-state index in [0.29, 0.717) is 0 Å². The van der Waals surface area contributed by atoms with Crippen molar-refractivity contribution in [1.82, 2.24) is 0 Å². The number of unbranched alkanes of at least 4 members (excludes halogenated alkanes) is 9. The molecule has 104 valence electrons. The average molecular weight is 305 g/mol. The Morgan fingerprint density at radius 2 is 1.06 bits per heavy atom. The van der Waals surface area contributed by atoms with Crippen LogP contribution in [-0.4, -0.2) is 4.83 Å². The Balaban J connectivity index is 2.98. The first kappa shape index (κ1) is 17.5. The molecule has 0 aliphatic rings. The Bertz CT molecular complexity index is 133. The van der Waals surface area contributed by atoms with Gasteiger partial charge in [-0.1, -0.05) is 100 Å². The van der Waals surface area contributed by atoms with Crippen molar-refractivity contribution in [2.24, 2.45) is 0 Å². The van der Waals surface area contributed by atoms with Gasteiger partial charge in [-0.2, -0.15) is 0 Å². The standard InChI is InChI=1S/C16H33Br/c1-3-5-6-7-8-9-10-11-12-13-15-16(17)14-4-2/h16H,3-15H2,1-2H3. The molecule has 0 aromatic heterocycles. The minimum absolute atomic E-state index is 0.779. The zero-order valence-electron chi connectivity index (χ0n) is 12.1. The van der Waals surface area contributed by atoms with Gasteiger partial charge in [-0.05, 0) is 12.8 Å². The number of hydrogen-bond donors (Lipinski definition) is 0. The largest absolute Gasteiger partial charge is 0.0891 e. The molecule has 0 rings (SSSR count). The third-order valence-electron chi connectivity index (χ3n) is 3.47. The quantitative estimate of drug-likeness (QED) is 0.257. The average Bonchev–Trinajstić information content (AvgIpc) is 2.32. The molecular weight excluding hydrogens is 272 g/mol. The van der Waals surface area contributed by atoms with E-state index in [2.05, 4.69) is 29.8 Å². The van der Waals surface area contributed by atoms with E-state index in [1.54, 1.807) is 0 Å². The summed E-state index contributed by atoms with van der Waals surface area (Å²) in [6, 6.07) is 0. The minimum Gasteiger partial charge on any atom is -0.0891 e. The van der Waals surface area contributed by atoms with E-state index in [0.717, 1.165) is 4.83 Å². The van der Waals surface area contributed by atoms with Gasteiger partial charge in [-0.15, -0.1) is 0 Å². The SMILES string of the molecule is CCCCCCCCCCCCC(Br)CCC. The smallest absolute Gasteiger partial charge is 0.0145 e. The molecule has 0 aromatic rings. The third kappa shape index (κ3) is 14.4. The van der Waals surface area contributed by atoms with E-state index in [-0.39, 0.29) is 0 Å². The maximum atomic E-state index is 3.76. The minimum atomic E-state index is 0.779. The summed E-state index contributed by atoms with van der Waals surface area (Å²) in [4.78, 5) is 0.779. The van der Waals surface area contributed by atoms with E-state index in [9.17, 15) is 0 Å². The highest BCUT2D eigenvalue weighted by molar-refractivity contribution is 9.09. The predicted octanol–water partition coefficient (Wildman–Crippen LogP) is 6.86. The Labute approximate surface area is 118 Å². The molecule has 0 aromatic carbocycles. The summed E-state index contributed by atoms with van der Waals surface area (Å²) in [5, 5.41) is 0. The Morgan fingerprint density at radius 3 is 1.53 bits per heavy atom. The van der Waals surface area contributed by atoms with Crippen LogP contribution >= 0.6 is 15.9 Å². The number of alkyl halides is 1. The molecule has 0 nitrogen and oxygen atoms in total. The lowest BCUT2D eigenvalue weighted by molar-refractivity contribution is 0.543. The van der Waals surface area contributed by atoms with Crippen LogP contribution in [0.5, 0.6) is 0 Å². The molecule has 0 amide bonds. The van der Waals surface area contributed by atoms with Crippen molar-refractivity contribution in [1.29, 1.82) is 0 Å². The fourth-order valence-corrected chi connectivity index (χ4v) is 3.09. The highest BCUT2D eigenvalue weighted by Crippen LogP contribution is 2.17. The van der Waals surface area contributed by atoms with Crippen LogP contribution in [0.15, 0.2) is 0 Å². The van der Waals surface area contributed by atoms with Gasteiger partial charge in [0.15, 0.2) is 0 Å². The van der Waals surface area contributed by atoms with E-state index in [1.165, 1.54) is 83.5 Å². The first-order chi connectivity index (χ1) is 8.31. The van der Waals surface area contributed by atoms with Crippen LogP contribution in [0.4, 0.5) is 0 Å². The van der Waals surface area contributed by atoms with E-state index in [1.807, 2.05) is 0 Å². The van der Waals surface area contributed by atoms with E-state index >= 15 is 0 Å². The van der Waals surface area contributed by atoms with Crippen LogP contribution in [-0.2, 0) is 0 Å². The van der Waals surface area contributed by atoms with Gasteiger partial charge in [0, 0.05) is 4.83 Å². The molecule has 0 aliphatic carbocycles. The molecule has 0 bridgehead atoms. The van der Waals surface area contributed by atoms with Crippen LogP contribution in [0.3, 0.4) is 0 Å². The summed E-state index contributed by atoms with van der Waals surface area (Å²) in [7, 11) is 0. The lowest BCUT2D eigenvalue weighted by atomic mass is 10.0. The fourth-order valence-electron chi connectivity index (χ4n) is 2.31. The van der Waals surface area contributed by atoms with Gasteiger partial charge in [0.05, 0.1) is 0 Å². The molecule has 1 unspecified atom stereocenters. The zero-order valence-corrected chi connectivity index (χ0v) is 13.7. The third-order valence-corrected chi connectivity index (χ3v) is 4.39. The summed E-state index contributed by atoms with van der Waals surface area (Å²) in [5.74, 6) is 0. The first-order valence-corrected chi connectivity index (χ1v) is 8.86. The van der Waals surface area contributed by atoms with Crippen molar-refractivity contribution in [3.8, 4) is 0 Å². The molecule has 17 heavy (non-hydrogen) atoms. The monoisotopic (exact) mass is 304 g/mol. The van der Waals surface area contributed by atoms with Crippen LogP contribution in [0.25, 0.3) is 0 Å². The Kier molecular flexibility index (Phi) is 15.0. The maximum Gasteiger partial charge on any atom is 0.0145 e. The maximum absolute atomic E-state index is 3.76. The van der Waals surface area contributed by atoms with Gasteiger partial charge >= 0.3 is 0 Å². The molecule has 0 fully saturated rings. The summed E-state index contributed by atoms with van der Waals surface area (Å²) < 4.78 is 0. The van der Waals surface area contributed by atoms with Crippen LogP contribution in [0, 0.1) is 0 Å². The molecule has 0 radical (unpaired) electrons. The molecule has 0 heterocycles. The lowest BCUT2D eigenvalue weighted by Crippen LogP contribution is -1.96. The number of hydrogen-bond acceptors (Lipinski definition) is 0. The molecule has 0 spiro atoms. The highest BCUT2D eigenvalue weighted by atomic mass is 79.9. The predicted molar refractivity (Wildman–Crippen MR) is 84.1 cm³/mol. The van der Waals surface area contributed by atoms with Crippen molar-refractivity contribution >= 4 is 15.9 Å². The van der Waals surface area contributed by atoms with Crippen LogP contribution in [0.1, 0.15) is 97.3 Å². The second kappa shape index (κ2) is 14.5. The fraction of sp³-hybridized carbons (Fsp3) is 1.00. The topological polar surface area (TPSA) is 0 Å². The van der Waals surface area contributed by atoms with Crippen molar-refractivity contribution < 1.29 is 0 Å². The van der Waals surface area contributed by atoms with Crippen molar-refractivity contribution in [3.63, 3.8) is 0 Å². The van der Waals surface area contributed by atoms with Crippen molar-refractivity contribution in [3.05, 3.63) is 0 Å². The van der Waals surface area contributed by atoms with E-state index < -0.39 is 0 Å². The molecule has 1 heteroatoms. The first-order valence-electron chi connectivity index (χ1n) is 7.95. The van der Waals surface area contributed by atoms with Crippen molar-refractivity contribution in [2.75, 3.05) is 0 Å². The van der Waals surface area contributed by atoms with Gasteiger partial charge in [-0.25, -0.2) is 0 Å². The molecule has 1 atom stereocenters. The second-order valence-corrected chi connectivity index (χ2v) is 6.65. The molecular formula is C16H33Br. The Morgan fingerprint density at radius 1 is 0.588 bits per heavy atom. The van der Waals surface area contributed by atoms with Crippen molar-refractivity contribution in [2.45, 2.75) is 102 Å². The Hall–Kier alpha value is 0.480. The summed E-state index contributed by atoms with van der Waals surface area (Å²) in [6.45, 7) is 4.56.